The van der Waals surface area contributed by atoms with Gasteiger partial charge in [-0.15, -0.1) is 0 Å². The molecule has 0 saturated heterocycles. The summed E-state index contributed by atoms with van der Waals surface area (Å²) in [5, 5.41) is 9.01. The Hall–Kier alpha value is -2.11. The Morgan fingerprint density at radius 2 is 2.18 bits per heavy atom. The van der Waals surface area contributed by atoms with Crippen molar-refractivity contribution in [1.29, 1.82) is 0 Å². The van der Waals surface area contributed by atoms with E-state index in [-0.39, 0.29) is 17.6 Å². The molecule has 0 unspecified atom stereocenters. The summed E-state index contributed by atoms with van der Waals surface area (Å²) in [7, 11) is 0. The maximum Gasteiger partial charge on any atom is 0.373 e. The van der Waals surface area contributed by atoms with Crippen molar-refractivity contribution in [2.45, 2.75) is 26.7 Å². The third-order valence-corrected chi connectivity index (χ3v) is 2.33. The van der Waals surface area contributed by atoms with Gasteiger partial charge in [0.25, 0.3) is 5.89 Å². The number of rotatable bonds is 3. The molecule has 0 aliphatic carbocycles. The molecule has 2 aromatic rings. The first kappa shape index (κ1) is 11.4. The molecule has 1 N–H and O–H groups in total. The van der Waals surface area contributed by atoms with Crippen molar-refractivity contribution in [2.24, 2.45) is 0 Å². The maximum absolute atomic E-state index is 11.0. The van der Waals surface area contributed by atoms with Gasteiger partial charge in [-0.1, -0.05) is 13.8 Å². The molecule has 0 saturated carbocycles. The highest BCUT2D eigenvalue weighted by Gasteiger charge is 2.24. The summed E-state index contributed by atoms with van der Waals surface area (Å²) in [6, 6.07) is 0. The Bertz CT molecular complexity index is 554. The molecule has 0 aliphatic rings. The topological polar surface area (TPSA) is 89.4 Å². The minimum absolute atomic E-state index is 0.0400. The van der Waals surface area contributed by atoms with Crippen LogP contribution in [0.1, 0.15) is 41.7 Å². The van der Waals surface area contributed by atoms with E-state index in [2.05, 4.69) is 9.97 Å². The maximum atomic E-state index is 11.0. The van der Waals surface area contributed by atoms with Crippen molar-refractivity contribution < 1.29 is 18.7 Å². The zero-order valence-corrected chi connectivity index (χ0v) is 9.72. The Kier molecular flexibility index (Phi) is 2.71. The van der Waals surface area contributed by atoms with Crippen molar-refractivity contribution in [2.75, 3.05) is 0 Å². The normalized spacial score (nSPS) is 11.1. The summed E-state index contributed by atoms with van der Waals surface area (Å²) < 4.78 is 10.3. The molecule has 6 nitrogen and oxygen atoms in total. The Labute approximate surface area is 97.3 Å². The standard InChI is InChI=1S/C11H12N2O4/c1-5(2)7-9(11(14)15)17-10(13-7)8-6(3)12-4-16-8/h4-5H,1-3H3,(H,14,15). The van der Waals surface area contributed by atoms with Gasteiger partial charge in [-0.2, -0.15) is 0 Å². The highest BCUT2D eigenvalue weighted by Crippen LogP contribution is 2.27. The van der Waals surface area contributed by atoms with Crippen molar-refractivity contribution in [3.8, 4) is 11.7 Å². The summed E-state index contributed by atoms with van der Waals surface area (Å²) in [4.78, 5) is 19.1. The van der Waals surface area contributed by atoms with E-state index in [4.69, 9.17) is 13.9 Å². The van der Waals surface area contributed by atoms with Gasteiger partial charge in [-0.3, -0.25) is 0 Å². The fourth-order valence-corrected chi connectivity index (χ4v) is 1.48. The molecule has 0 aliphatic heterocycles. The van der Waals surface area contributed by atoms with E-state index < -0.39 is 5.97 Å². The van der Waals surface area contributed by atoms with Crippen LogP contribution in [0.5, 0.6) is 0 Å². The van der Waals surface area contributed by atoms with Crippen LogP contribution < -0.4 is 0 Å². The molecule has 2 rings (SSSR count). The summed E-state index contributed by atoms with van der Waals surface area (Å²) in [5.74, 6) is -0.808. The third-order valence-electron chi connectivity index (χ3n) is 2.33. The van der Waals surface area contributed by atoms with Gasteiger partial charge in [-0.05, 0) is 12.8 Å². The second-order valence-electron chi connectivity index (χ2n) is 3.96. The summed E-state index contributed by atoms with van der Waals surface area (Å²) >= 11 is 0. The first-order chi connectivity index (χ1) is 8.00. The van der Waals surface area contributed by atoms with Gasteiger partial charge >= 0.3 is 5.97 Å². The smallest absolute Gasteiger partial charge is 0.373 e. The average Bonchev–Trinajstić information content (AvgIpc) is 2.82. The minimum Gasteiger partial charge on any atom is -0.475 e. The molecule has 0 spiro atoms. The van der Waals surface area contributed by atoms with Gasteiger partial charge in [0.1, 0.15) is 0 Å². The summed E-state index contributed by atoms with van der Waals surface area (Å²) in [5.41, 5.74) is 1.02. The predicted molar refractivity (Wildman–Crippen MR) is 57.8 cm³/mol. The van der Waals surface area contributed by atoms with E-state index >= 15 is 0 Å². The molecule has 17 heavy (non-hydrogen) atoms. The van der Waals surface area contributed by atoms with Gasteiger partial charge in [0.15, 0.2) is 6.39 Å². The monoisotopic (exact) mass is 236 g/mol. The van der Waals surface area contributed by atoms with Crippen LogP contribution in [0.2, 0.25) is 0 Å². The van der Waals surface area contributed by atoms with Gasteiger partial charge in [0.05, 0.1) is 11.4 Å². The lowest BCUT2D eigenvalue weighted by Crippen LogP contribution is -2.01. The third kappa shape index (κ3) is 1.93. The van der Waals surface area contributed by atoms with E-state index in [1.807, 2.05) is 13.8 Å². The molecule has 0 aromatic carbocycles. The Balaban J connectivity index is 2.55. The number of aromatic carboxylic acids is 1. The molecular formula is C11H12N2O4. The van der Waals surface area contributed by atoms with Gasteiger partial charge in [0.2, 0.25) is 11.5 Å². The molecule has 2 heterocycles. The van der Waals surface area contributed by atoms with Crippen LogP contribution in [0.3, 0.4) is 0 Å². The Morgan fingerprint density at radius 3 is 2.59 bits per heavy atom. The predicted octanol–water partition coefficient (Wildman–Crippen LogP) is 2.46. The highest BCUT2D eigenvalue weighted by atomic mass is 16.4. The first-order valence-corrected chi connectivity index (χ1v) is 5.15. The number of carbonyl (C=O) groups is 1. The molecule has 90 valence electrons. The van der Waals surface area contributed by atoms with Crippen LogP contribution in [0.25, 0.3) is 11.7 Å². The molecule has 0 radical (unpaired) electrons. The molecule has 0 atom stereocenters. The Morgan fingerprint density at radius 1 is 1.47 bits per heavy atom. The molecule has 0 bridgehead atoms. The lowest BCUT2D eigenvalue weighted by atomic mass is 10.1. The van der Waals surface area contributed by atoms with Crippen molar-refractivity contribution in [3.63, 3.8) is 0 Å². The van der Waals surface area contributed by atoms with Crippen LogP contribution in [0.15, 0.2) is 15.2 Å². The second-order valence-corrected chi connectivity index (χ2v) is 3.96. The quantitative estimate of drug-likeness (QED) is 0.880. The van der Waals surface area contributed by atoms with E-state index in [1.54, 1.807) is 6.92 Å². The summed E-state index contributed by atoms with van der Waals surface area (Å²) in [6.45, 7) is 5.43. The van der Waals surface area contributed by atoms with Crippen LogP contribution >= 0.6 is 0 Å². The van der Waals surface area contributed by atoms with E-state index in [0.717, 1.165) is 0 Å². The van der Waals surface area contributed by atoms with E-state index in [9.17, 15) is 4.79 Å². The number of aryl methyl sites for hydroxylation is 1. The average molecular weight is 236 g/mol. The van der Waals surface area contributed by atoms with Gasteiger partial charge in [0, 0.05) is 0 Å². The van der Waals surface area contributed by atoms with Crippen LogP contribution in [0.4, 0.5) is 0 Å². The largest absolute Gasteiger partial charge is 0.475 e. The number of carboxylic acids is 1. The second kappa shape index (κ2) is 4.04. The molecule has 2 aromatic heterocycles. The fourth-order valence-electron chi connectivity index (χ4n) is 1.48. The summed E-state index contributed by atoms with van der Waals surface area (Å²) in [6.07, 6.45) is 1.27. The van der Waals surface area contributed by atoms with Crippen LogP contribution in [-0.2, 0) is 0 Å². The lowest BCUT2D eigenvalue weighted by molar-refractivity contribution is 0.0661. The van der Waals surface area contributed by atoms with Crippen LogP contribution in [-0.4, -0.2) is 21.0 Å². The van der Waals surface area contributed by atoms with E-state index in [0.29, 0.717) is 17.1 Å². The van der Waals surface area contributed by atoms with Crippen molar-refractivity contribution in [3.05, 3.63) is 23.5 Å². The van der Waals surface area contributed by atoms with Crippen LogP contribution in [0, 0.1) is 6.92 Å². The number of aromatic nitrogens is 2. The zero-order chi connectivity index (χ0) is 12.6. The number of carboxylic acid groups (broad SMARTS) is 1. The number of nitrogens with zero attached hydrogens (tertiary/aromatic N) is 2. The molecular weight excluding hydrogens is 224 g/mol. The molecule has 0 amide bonds. The molecule has 0 fully saturated rings. The number of oxazole rings is 2. The number of hydrogen-bond donors (Lipinski definition) is 1. The number of hydrogen-bond acceptors (Lipinski definition) is 5. The van der Waals surface area contributed by atoms with E-state index in [1.165, 1.54) is 6.39 Å². The first-order valence-electron chi connectivity index (χ1n) is 5.15. The van der Waals surface area contributed by atoms with Gasteiger partial charge in [-0.25, -0.2) is 14.8 Å². The SMILES string of the molecule is Cc1ncoc1-c1nc(C(C)C)c(C(=O)O)o1. The molecule has 6 heteroatoms. The minimum atomic E-state index is -1.13. The van der Waals surface area contributed by atoms with Crippen molar-refractivity contribution in [1.82, 2.24) is 9.97 Å². The zero-order valence-electron chi connectivity index (χ0n) is 9.72. The van der Waals surface area contributed by atoms with Gasteiger partial charge < -0.3 is 13.9 Å². The van der Waals surface area contributed by atoms with Crippen molar-refractivity contribution >= 4 is 5.97 Å². The fraction of sp³-hybridized carbons (Fsp3) is 0.364. The lowest BCUT2D eigenvalue weighted by Gasteiger charge is -1.98. The highest BCUT2D eigenvalue weighted by molar-refractivity contribution is 5.86.